The van der Waals surface area contributed by atoms with Crippen LogP contribution in [0, 0.1) is 0 Å². The first-order valence-electron chi connectivity index (χ1n) is 4.33. The third kappa shape index (κ3) is 2.59. The lowest BCUT2D eigenvalue weighted by Crippen LogP contribution is -1.99. The van der Waals surface area contributed by atoms with Crippen LogP contribution in [0.5, 0.6) is 0 Å². The Kier molecular flexibility index (Phi) is 3.52. The summed E-state index contributed by atoms with van der Waals surface area (Å²) in [6.07, 6.45) is 5.40. The molecule has 0 fully saturated rings. The van der Waals surface area contributed by atoms with Crippen molar-refractivity contribution in [2.75, 3.05) is 5.73 Å². The highest BCUT2D eigenvalue weighted by Gasteiger charge is 2.11. The van der Waals surface area contributed by atoms with Crippen molar-refractivity contribution in [2.45, 2.75) is 25.4 Å². The summed E-state index contributed by atoms with van der Waals surface area (Å²) >= 11 is 0. The minimum Gasteiger partial charge on any atom is -0.388 e. The Hall–Kier alpha value is -1.29. The molecule has 1 atom stereocenters. The van der Waals surface area contributed by atoms with Crippen LogP contribution in [0.1, 0.15) is 30.9 Å². The maximum absolute atomic E-state index is 9.64. The maximum atomic E-state index is 9.64. The Morgan fingerprint density at radius 1 is 1.77 bits per heavy atom. The van der Waals surface area contributed by atoms with E-state index < -0.39 is 6.10 Å². The quantitative estimate of drug-likeness (QED) is 0.474. The Morgan fingerprint density at radius 3 is 3.08 bits per heavy atom. The summed E-state index contributed by atoms with van der Waals surface area (Å²) in [5.74, 6) is 0.450. The fraction of sp³-hybridized carbons (Fsp3) is 0.444. The molecule has 0 saturated heterocycles. The van der Waals surface area contributed by atoms with Gasteiger partial charge in [-0.25, -0.2) is 0 Å². The minimum absolute atomic E-state index is 0.450. The number of allylic oxidation sites excluding steroid dienone is 1. The van der Waals surface area contributed by atoms with Crippen LogP contribution in [-0.4, -0.2) is 15.3 Å². The molecule has 1 heterocycles. The van der Waals surface area contributed by atoms with Gasteiger partial charge in [0, 0.05) is 5.56 Å². The second-order valence-corrected chi connectivity index (χ2v) is 2.97. The van der Waals surface area contributed by atoms with Gasteiger partial charge in [-0.05, 0) is 19.3 Å². The van der Waals surface area contributed by atoms with E-state index in [1.165, 1.54) is 0 Å². The van der Waals surface area contributed by atoms with Crippen molar-refractivity contribution in [3.8, 4) is 0 Å². The largest absolute Gasteiger partial charge is 0.388 e. The zero-order chi connectivity index (χ0) is 9.68. The number of rotatable bonds is 5. The van der Waals surface area contributed by atoms with Gasteiger partial charge in [0.25, 0.3) is 0 Å². The predicted molar refractivity (Wildman–Crippen MR) is 52.0 cm³/mol. The van der Waals surface area contributed by atoms with Crippen LogP contribution in [0.15, 0.2) is 18.9 Å². The molecule has 13 heavy (non-hydrogen) atoms. The van der Waals surface area contributed by atoms with Gasteiger partial charge in [0.05, 0.1) is 12.3 Å². The third-order valence-electron chi connectivity index (χ3n) is 1.94. The van der Waals surface area contributed by atoms with Gasteiger partial charge in [0.2, 0.25) is 0 Å². The molecule has 4 heteroatoms. The van der Waals surface area contributed by atoms with Crippen molar-refractivity contribution in [1.29, 1.82) is 0 Å². The van der Waals surface area contributed by atoms with Crippen LogP contribution in [0.2, 0.25) is 0 Å². The van der Waals surface area contributed by atoms with Crippen LogP contribution in [0.25, 0.3) is 0 Å². The topological polar surface area (TPSA) is 74.9 Å². The zero-order valence-corrected chi connectivity index (χ0v) is 7.53. The molecule has 0 radical (unpaired) electrons. The smallest absolute Gasteiger partial charge is 0.124 e. The number of anilines is 1. The highest BCUT2D eigenvalue weighted by atomic mass is 16.3. The van der Waals surface area contributed by atoms with E-state index in [9.17, 15) is 5.11 Å². The van der Waals surface area contributed by atoms with Crippen LogP contribution in [0.4, 0.5) is 5.82 Å². The van der Waals surface area contributed by atoms with Gasteiger partial charge in [0.15, 0.2) is 0 Å². The van der Waals surface area contributed by atoms with Crippen molar-refractivity contribution in [2.24, 2.45) is 0 Å². The van der Waals surface area contributed by atoms with Gasteiger partial charge in [-0.1, -0.05) is 6.08 Å². The zero-order valence-electron chi connectivity index (χ0n) is 7.53. The number of aliphatic hydroxyl groups is 1. The lowest BCUT2D eigenvalue weighted by molar-refractivity contribution is 0.166. The Morgan fingerprint density at radius 2 is 2.54 bits per heavy atom. The average Bonchev–Trinajstić information content (AvgIpc) is 2.52. The fourth-order valence-electron chi connectivity index (χ4n) is 1.18. The molecular formula is C9H15N3O. The van der Waals surface area contributed by atoms with E-state index in [0.717, 1.165) is 12.8 Å². The summed E-state index contributed by atoms with van der Waals surface area (Å²) in [5, 5.41) is 16.0. The molecule has 0 bridgehead atoms. The number of nitrogens with two attached hydrogens (primary N) is 1. The average molecular weight is 181 g/mol. The number of nitrogens with zero attached hydrogens (tertiary/aromatic N) is 1. The SMILES string of the molecule is C=CCCCC(O)c1cn[nH]c1N. The lowest BCUT2D eigenvalue weighted by atomic mass is 10.1. The summed E-state index contributed by atoms with van der Waals surface area (Å²) in [4.78, 5) is 0. The molecule has 1 unspecified atom stereocenters. The Labute approximate surface area is 77.5 Å². The van der Waals surface area contributed by atoms with E-state index in [-0.39, 0.29) is 0 Å². The number of aromatic nitrogens is 2. The first-order valence-corrected chi connectivity index (χ1v) is 4.33. The lowest BCUT2D eigenvalue weighted by Gasteiger charge is -2.07. The standard InChI is InChI=1S/C9H15N3O/c1-2-3-4-5-8(13)7-6-11-12-9(7)10/h2,6,8,13H,1,3-5H2,(H3,10,11,12). The van der Waals surface area contributed by atoms with Crippen LogP contribution in [0.3, 0.4) is 0 Å². The number of hydrogen-bond donors (Lipinski definition) is 3. The minimum atomic E-state index is -0.515. The molecule has 0 aromatic carbocycles. The Balaban J connectivity index is 2.44. The van der Waals surface area contributed by atoms with Gasteiger partial charge in [-0.3, -0.25) is 5.10 Å². The van der Waals surface area contributed by atoms with Crippen molar-refractivity contribution in [1.82, 2.24) is 10.2 Å². The highest BCUT2D eigenvalue weighted by molar-refractivity contribution is 5.38. The molecule has 1 rings (SSSR count). The van der Waals surface area contributed by atoms with E-state index >= 15 is 0 Å². The molecule has 4 nitrogen and oxygen atoms in total. The monoisotopic (exact) mass is 181 g/mol. The second kappa shape index (κ2) is 4.67. The van der Waals surface area contributed by atoms with Crippen LogP contribution in [-0.2, 0) is 0 Å². The molecule has 0 amide bonds. The van der Waals surface area contributed by atoms with Crippen LogP contribution >= 0.6 is 0 Å². The van der Waals surface area contributed by atoms with Gasteiger partial charge in [-0.2, -0.15) is 5.10 Å². The number of aromatic amines is 1. The first-order chi connectivity index (χ1) is 6.25. The molecule has 0 saturated carbocycles. The van der Waals surface area contributed by atoms with Crippen molar-refractivity contribution < 1.29 is 5.11 Å². The van der Waals surface area contributed by atoms with E-state index in [0.29, 0.717) is 17.8 Å². The normalized spacial score (nSPS) is 12.7. The fourth-order valence-corrected chi connectivity index (χ4v) is 1.18. The summed E-state index contributed by atoms with van der Waals surface area (Å²) in [5.41, 5.74) is 6.23. The molecular weight excluding hydrogens is 166 g/mol. The maximum Gasteiger partial charge on any atom is 0.124 e. The van der Waals surface area contributed by atoms with Gasteiger partial charge in [-0.15, -0.1) is 6.58 Å². The van der Waals surface area contributed by atoms with E-state index in [4.69, 9.17) is 5.73 Å². The summed E-state index contributed by atoms with van der Waals surface area (Å²) in [6.45, 7) is 3.61. The molecule has 0 aliphatic rings. The van der Waals surface area contributed by atoms with E-state index in [1.54, 1.807) is 6.20 Å². The summed E-state index contributed by atoms with van der Waals surface area (Å²) < 4.78 is 0. The van der Waals surface area contributed by atoms with Crippen molar-refractivity contribution in [3.63, 3.8) is 0 Å². The molecule has 72 valence electrons. The first kappa shape index (κ1) is 9.80. The number of H-pyrrole nitrogens is 1. The molecule has 4 N–H and O–H groups in total. The second-order valence-electron chi connectivity index (χ2n) is 2.97. The van der Waals surface area contributed by atoms with Gasteiger partial charge < -0.3 is 10.8 Å². The van der Waals surface area contributed by atoms with Crippen molar-refractivity contribution in [3.05, 3.63) is 24.4 Å². The Bertz CT molecular complexity index is 270. The third-order valence-corrected chi connectivity index (χ3v) is 1.94. The number of aliphatic hydroxyl groups excluding tert-OH is 1. The molecule has 1 aromatic rings. The number of nitrogen functional groups attached to an aromatic ring is 1. The molecule has 0 spiro atoms. The summed E-state index contributed by atoms with van der Waals surface area (Å²) in [6, 6.07) is 0. The van der Waals surface area contributed by atoms with E-state index in [1.807, 2.05) is 6.08 Å². The summed E-state index contributed by atoms with van der Waals surface area (Å²) in [7, 11) is 0. The van der Waals surface area contributed by atoms with Gasteiger partial charge in [0.1, 0.15) is 5.82 Å². The number of nitrogens with one attached hydrogen (secondary N) is 1. The van der Waals surface area contributed by atoms with Crippen molar-refractivity contribution >= 4 is 5.82 Å². The highest BCUT2D eigenvalue weighted by Crippen LogP contribution is 2.22. The number of unbranched alkanes of at least 4 members (excludes halogenated alkanes) is 1. The van der Waals surface area contributed by atoms with E-state index in [2.05, 4.69) is 16.8 Å². The number of hydrogen-bond acceptors (Lipinski definition) is 3. The predicted octanol–water partition coefficient (Wildman–Crippen LogP) is 1.38. The van der Waals surface area contributed by atoms with Gasteiger partial charge >= 0.3 is 0 Å². The van der Waals surface area contributed by atoms with Crippen LogP contribution < -0.4 is 5.73 Å². The molecule has 0 aliphatic heterocycles. The molecule has 0 aliphatic carbocycles. The molecule has 1 aromatic heterocycles.